The molecule has 1 unspecified atom stereocenters. The van der Waals surface area contributed by atoms with E-state index in [1.165, 1.54) is 18.9 Å². The average Bonchev–Trinajstić information content (AvgIpc) is 3.16. The number of rotatable bonds is 6. The van der Waals surface area contributed by atoms with Gasteiger partial charge in [-0.3, -0.25) is 4.90 Å². The molecule has 1 N–H and O–H groups in total. The fraction of sp³-hybridized carbons (Fsp3) is 0.571. The molecule has 0 bridgehead atoms. The minimum atomic E-state index is -0.208. The van der Waals surface area contributed by atoms with Gasteiger partial charge in [0.1, 0.15) is 5.82 Å². The van der Waals surface area contributed by atoms with E-state index in [2.05, 4.69) is 40.1 Å². The highest BCUT2D eigenvalue weighted by atomic mass is 79.9. The highest BCUT2D eigenvalue weighted by molar-refractivity contribution is 9.10. The van der Waals surface area contributed by atoms with E-state index in [0.717, 1.165) is 24.7 Å². The molecular formula is C14H20BrFN2. The number of hydrogen-bond donors (Lipinski definition) is 1. The first-order chi connectivity index (χ1) is 8.58. The highest BCUT2D eigenvalue weighted by Crippen LogP contribution is 2.26. The molecule has 0 amide bonds. The molecule has 2 rings (SSSR count). The van der Waals surface area contributed by atoms with Gasteiger partial charge in [0.25, 0.3) is 0 Å². The Balaban J connectivity index is 1.75. The molecule has 1 aliphatic rings. The maximum atomic E-state index is 13.1. The second-order valence-corrected chi connectivity index (χ2v) is 5.98. The van der Waals surface area contributed by atoms with E-state index in [-0.39, 0.29) is 5.82 Å². The summed E-state index contributed by atoms with van der Waals surface area (Å²) in [4.78, 5) is 2.44. The number of halogens is 2. The maximum Gasteiger partial charge on any atom is 0.137 e. The van der Waals surface area contributed by atoms with Crippen molar-refractivity contribution in [3.05, 3.63) is 34.1 Å². The van der Waals surface area contributed by atoms with Crippen molar-refractivity contribution in [1.82, 2.24) is 10.2 Å². The van der Waals surface area contributed by atoms with Crippen LogP contribution in [0.2, 0.25) is 0 Å². The van der Waals surface area contributed by atoms with E-state index in [9.17, 15) is 4.39 Å². The minimum absolute atomic E-state index is 0.208. The van der Waals surface area contributed by atoms with Crippen molar-refractivity contribution < 1.29 is 4.39 Å². The van der Waals surface area contributed by atoms with Gasteiger partial charge in [-0.25, -0.2) is 4.39 Å². The molecule has 18 heavy (non-hydrogen) atoms. The van der Waals surface area contributed by atoms with E-state index in [1.54, 1.807) is 0 Å². The van der Waals surface area contributed by atoms with Crippen molar-refractivity contribution in [1.29, 1.82) is 0 Å². The molecule has 0 aliphatic heterocycles. The molecule has 0 spiro atoms. The first-order valence-corrected chi connectivity index (χ1v) is 7.24. The van der Waals surface area contributed by atoms with Crippen molar-refractivity contribution in [2.45, 2.75) is 38.4 Å². The molecule has 1 aliphatic carbocycles. The molecule has 1 aromatic carbocycles. The van der Waals surface area contributed by atoms with Crippen LogP contribution in [0.5, 0.6) is 0 Å². The standard InChI is InChI=1S/C14H20BrFN2/c1-10(18(2)12-4-5-12)8-17-9-11-3-6-14(16)13(15)7-11/h3,6-7,10,12,17H,4-5,8-9H2,1-2H3. The Bertz CT molecular complexity index is 407. The Hall–Kier alpha value is -0.450. The second-order valence-electron chi connectivity index (χ2n) is 5.13. The third-order valence-electron chi connectivity index (χ3n) is 3.57. The molecule has 0 heterocycles. The van der Waals surface area contributed by atoms with Gasteiger partial charge in [0.05, 0.1) is 4.47 Å². The number of hydrogen-bond acceptors (Lipinski definition) is 2. The molecule has 0 radical (unpaired) electrons. The summed E-state index contributed by atoms with van der Waals surface area (Å²) in [7, 11) is 2.19. The summed E-state index contributed by atoms with van der Waals surface area (Å²) >= 11 is 3.21. The van der Waals surface area contributed by atoms with Gasteiger partial charge in [-0.15, -0.1) is 0 Å². The summed E-state index contributed by atoms with van der Waals surface area (Å²) in [6, 6.07) is 6.49. The quantitative estimate of drug-likeness (QED) is 0.867. The van der Waals surface area contributed by atoms with Crippen LogP contribution in [0.25, 0.3) is 0 Å². The van der Waals surface area contributed by atoms with Gasteiger partial charge in [-0.1, -0.05) is 6.07 Å². The van der Waals surface area contributed by atoms with Crippen LogP contribution in [-0.4, -0.2) is 30.6 Å². The zero-order chi connectivity index (χ0) is 13.1. The van der Waals surface area contributed by atoms with E-state index in [4.69, 9.17) is 0 Å². The summed E-state index contributed by atoms with van der Waals surface area (Å²) in [6.45, 7) is 3.98. The molecule has 4 heteroatoms. The molecule has 100 valence electrons. The van der Waals surface area contributed by atoms with Gasteiger partial charge in [-0.05, 0) is 60.4 Å². The third kappa shape index (κ3) is 3.77. The lowest BCUT2D eigenvalue weighted by Crippen LogP contribution is -2.38. The normalized spacial score (nSPS) is 17.2. The van der Waals surface area contributed by atoms with Crippen molar-refractivity contribution in [3.8, 4) is 0 Å². The van der Waals surface area contributed by atoms with Gasteiger partial charge >= 0.3 is 0 Å². The fourth-order valence-electron chi connectivity index (χ4n) is 2.06. The zero-order valence-corrected chi connectivity index (χ0v) is 12.5. The average molecular weight is 315 g/mol. The fourth-order valence-corrected chi connectivity index (χ4v) is 2.49. The predicted octanol–water partition coefficient (Wildman–Crippen LogP) is 3.16. The topological polar surface area (TPSA) is 15.3 Å². The lowest BCUT2D eigenvalue weighted by molar-refractivity contribution is 0.241. The first kappa shape index (κ1) is 14.0. The largest absolute Gasteiger partial charge is 0.311 e. The van der Waals surface area contributed by atoms with Crippen LogP contribution in [0.3, 0.4) is 0 Å². The molecule has 1 saturated carbocycles. The lowest BCUT2D eigenvalue weighted by Gasteiger charge is -2.24. The number of benzene rings is 1. The smallest absolute Gasteiger partial charge is 0.137 e. The van der Waals surface area contributed by atoms with E-state index < -0.39 is 0 Å². The van der Waals surface area contributed by atoms with Crippen LogP contribution < -0.4 is 5.32 Å². The van der Waals surface area contributed by atoms with Gasteiger partial charge < -0.3 is 5.32 Å². The maximum absolute atomic E-state index is 13.1. The van der Waals surface area contributed by atoms with Crippen LogP contribution in [0, 0.1) is 5.82 Å². The Morgan fingerprint density at radius 3 is 2.83 bits per heavy atom. The monoisotopic (exact) mass is 314 g/mol. The van der Waals surface area contributed by atoms with Gasteiger partial charge in [0.2, 0.25) is 0 Å². The van der Waals surface area contributed by atoms with Crippen molar-refractivity contribution in [2.75, 3.05) is 13.6 Å². The summed E-state index contributed by atoms with van der Waals surface area (Å²) in [6.07, 6.45) is 2.68. The molecule has 0 saturated heterocycles. The third-order valence-corrected chi connectivity index (χ3v) is 4.18. The predicted molar refractivity (Wildman–Crippen MR) is 76.1 cm³/mol. The van der Waals surface area contributed by atoms with Crippen molar-refractivity contribution >= 4 is 15.9 Å². The highest BCUT2D eigenvalue weighted by Gasteiger charge is 2.28. The summed E-state index contributed by atoms with van der Waals surface area (Å²) in [5, 5.41) is 3.43. The number of likely N-dealkylation sites (N-methyl/N-ethyl adjacent to an activating group) is 1. The van der Waals surface area contributed by atoms with Crippen LogP contribution in [0.1, 0.15) is 25.3 Å². The van der Waals surface area contributed by atoms with Crippen molar-refractivity contribution in [2.24, 2.45) is 0 Å². The SMILES string of the molecule is CC(CNCc1ccc(F)c(Br)c1)N(C)C1CC1. The Labute approximate surface area is 117 Å². The molecular weight excluding hydrogens is 295 g/mol. The summed E-state index contributed by atoms with van der Waals surface area (Å²) < 4.78 is 13.6. The van der Waals surface area contributed by atoms with Gasteiger partial charge in [0, 0.05) is 25.2 Å². The van der Waals surface area contributed by atoms with E-state index >= 15 is 0 Å². The summed E-state index contributed by atoms with van der Waals surface area (Å²) in [5.74, 6) is -0.208. The lowest BCUT2D eigenvalue weighted by atomic mass is 10.2. The zero-order valence-electron chi connectivity index (χ0n) is 10.9. The minimum Gasteiger partial charge on any atom is -0.311 e. The van der Waals surface area contributed by atoms with Crippen LogP contribution in [-0.2, 0) is 6.54 Å². The van der Waals surface area contributed by atoms with E-state index in [0.29, 0.717) is 10.5 Å². The van der Waals surface area contributed by atoms with Crippen LogP contribution >= 0.6 is 15.9 Å². The van der Waals surface area contributed by atoms with Crippen molar-refractivity contribution in [3.63, 3.8) is 0 Å². The first-order valence-electron chi connectivity index (χ1n) is 6.44. The second kappa shape index (κ2) is 6.13. The summed E-state index contributed by atoms with van der Waals surface area (Å²) in [5.41, 5.74) is 1.10. The van der Waals surface area contributed by atoms with Gasteiger partial charge in [-0.2, -0.15) is 0 Å². The number of nitrogens with one attached hydrogen (secondary N) is 1. The molecule has 1 fully saturated rings. The van der Waals surface area contributed by atoms with Crippen LogP contribution in [0.15, 0.2) is 22.7 Å². The van der Waals surface area contributed by atoms with Gasteiger partial charge in [0.15, 0.2) is 0 Å². The Morgan fingerprint density at radius 2 is 2.22 bits per heavy atom. The number of nitrogens with zero attached hydrogens (tertiary/aromatic N) is 1. The van der Waals surface area contributed by atoms with E-state index in [1.807, 2.05) is 12.1 Å². The Kier molecular flexibility index (Phi) is 4.76. The molecule has 1 atom stereocenters. The molecule has 2 nitrogen and oxygen atoms in total. The Morgan fingerprint density at radius 1 is 1.50 bits per heavy atom. The van der Waals surface area contributed by atoms with Crippen LogP contribution in [0.4, 0.5) is 4.39 Å². The molecule has 0 aromatic heterocycles. The molecule has 1 aromatic rings.